The topological polar surface area (TPSA) is 84.7 Å². The molecule has 1 aliphatic rings. The van der Waals surface area contributed by atoms with E-state index in [1.807, 2.05) is 24.3 Å². The van der Waals surface area contributed by atoms with Gasteiger partial charge >= 0.3 is 0 Å². The molecule has 2 rings (SSSR count). The highest BCUT2D eigenvalue weighted by molar-refractivity contribution is 6.01. The van der Waals surface area contributed by atoms with Gasteiger partial charge in [-0.2, -0.15) is 0 Å². The molecule has 1 aromatic carbocycles. The van der Waals surface area contributed by atoms with E-state index in [-0.39, 0.29) is 30.2 Å². The number of hydrogen-bond acceptors (Lipinski definition) is 4. The van der Waals surface area contributed by atoms with Crippen LogP contribution in [0.25, 0.3) is 0 Å². The number of nitrogens with one attached hydrogen (secondary N) is 1. The molecule has 0 aliphatic carbocycles. The van der Waals surface area contributed by atoms with Crippen molar-refractivity contribution in [2.45, 2.75) is 32.7 Å². The summed E-state index contributed by atoms with van der Waals surface area (Å²) in [6.07, 6.45) is 1.04. The van der Waals surface area contributed by atoms with E-state index < -0.39 is 0 Å². The number of carbonyl (C=O) groups is 2. The number of amides is 2. The van der Waals surface area contributed by atoms with Crippen LogP contribution in [0.15, 0.2) is 24.3 Å². The zero-order valence-electron chi connectivity index (χ0n) is 14.6. The Morgan fingerprint density at radius 1 is 1.42 bits per heavy atom. The van der Waals surface area contributed by atoms with Crippen LogP contribution in [0.2, 0.25) is 0 Å². The van der Waals surface area contributed by atoms with E-state index in [2.05, 4.69) is 19.2 Å². The minimum Gasteiger partial charge on any atom is -0.495 e. The fraction of sp³-hybridized carbons (Fsp3) is 0.556. The Morgan fingerprint density at radius 3 is 2.75 bits per heavy atom. The number of methoxy groups -OCH3 is 1. The smallest absolute Gasteiger partial charge is 0.227 e. The molecule has 6 nitrogen and oxygen atoms in total. The molecule has 1 aliphatic heterocycles. The van der Waals surface area contributed by atoms with Gasteiger partial charge in [0.05, 0.1) is 18.7 Å². The van der Waals surface area contributed by atoms with E-state index in [1.54, 1.807) is 12.0 Å². The summed E-state index contributed by atoms with van der Waals surface area (Å²) < 4.78 is 5.32. The molecule has 2 unspecified atom stereocenters. The number of ether oxygens (including phenoxy) is 1. The van der Waals surface area contributed by atoms with Crippen molar-refractivity contribution in [2.24, 2.45) is 17.6 Å². The highest BCUT2D eigenvalue weighted by atomic mass is 16.5. The zero-order valence-corrected chi connectivity index (χ0v) is 14.6. The molecule has 1 saturated heterocycles. The van der Waals surface area contributed by atoms with Gasteiger partial charge in [-0.1, -0.05) is 26.0 Å². The average molecular weight is 333 g/mol. The third kappa shape index (κ3) is 4.26. The molecule has 3 N–H and O–H groups in total. The number of para-hydroxylation sites is 2. The molecule has 0 aromatic heterocycles. The van der Waals surface area contributed by atoms with E-state index in [9.17, 15) is 9.59 Å². The van der Waals surface area contributed by atoms with Gasteiger partial charge in [0.25, 0.3) is 0 Å². The van der Waals surface area contributed by atoms with Gasteiger partial charge in [0.15, 0.2) is 0 Å². The summed E-state index contributed by atoms with van der Waals surface area (Å²) in [7, 11) is 1.57. The van der Waals surface area contributed by atoms with Crippen molar-refractivity contribution in [1.29, 1.82) is 0 Å². The maximum Gasteiger partial charge on any atom is 0.227 e. The van der Waals surface area contributed by atoms with Crippen molar-refractivity contribution < 1.29 is 14.3 Å². The van der Waals surface area contributed by atoms with Crippen molar-refractivity contribution in [3.63, 3.8) is 0 Å². The summed E-state index contributed by atoms with van der Waals surface area (Å²) in [5.41, 5.74) is 6.45. The van der Waals surface area contributed by atoms with Crippen LogP contribution in [0.1, 0.15) is 26.7 Å². The van der Waals surface area contributed by atoms with Gasteiger partial charge in [-0.25, -0.2) is 0 Å². The monoisotopic (exact) mass is 333 g/mol. The average Bonchev–Trinajstić information content (AvgIpc) is 2.95. The second kappa shape index (κ2) is 8.15. The Balaban J connectivity index is 2.05. The Labute approximate surface area is 143 Å². The Bertz CT molecular complexity index is 589. The molecule has 0 saturated carbocycles. The van der Waals surface area contributed by atoms with Crippen molar-refractivity contribution >= 4 is 17.5 Å². The van der Waals surface area contributed by atoms with Crippen LogP contribution < -0.4 is 20.7 Å². The lowest BCUT2D eigenvalue weighted by atomic mass is 10.0. The number of nitrogens with zero attached hydrogens (tertiary/aromatic N) is 1. The van der Waals surface area contributed by atoms with Gasteiger partial charge < -0.3 is 20.7 Å². The van der Waals surface area contributed by atoms with Crippen molar-refractivity contribution in [2.75, 3.05) is 25.1 Å². The highest BCUT2D eigenvalue weighted by Crippen LogP contribution is 2.32. The number of rotatable bonds is 7. The molecule has 0 spiro atoms. The van der Waals surface area contributed by atoms with Gasteiger partial charge in [-0.3, -0.25) is 9.59 Å². The second-order valence-electron chi connectivity index (χ2n) is 6.65. The Morgan fingerprint density at radius 2 is 2.12 bits per heavy atom. The van der Waals surface area contributed by atoms with Crippen LogP contribution >= 0.6 is 0 Å². The normalized spacial score (nSPS) is 18.8. The summed E-state index contributed by atoms with van der Waals surface area (Å²) in [5.74, 6) is 0.564. The molecule has 0 radical (unpaired) electrons. The van der Waals surface area contributed by atoms with E-state index in [1.165, 1.54) is 0 Å². The number of nitrogens with two attached hydrogens (primary N) is 1. The second-order valence-corrected chi connectivity index (χ2v) is 6.65. The number of benzene rings is 1. The van der Waals surface area contributed by atoms with E-state index >= 15 is 0 Å². The standard InChI is InChI=1S/C18H27N3O3/c1-12(2)8-14(10-19)20-18(23)13-9-17(22)21(11-13)15-6-4-5-7-16(15)24-3/h4-7,12-14H,8-11,19H2,1-3H3,(H,20,23). The first-order valence-corrected chi connectivity index (χ1v) is 8.40. The van der Waals surface area contributed by atoms with Gasteiger partial charge in [-0.05, 0) is 24.5 Å². The molecular weight excluding hydrogens is 306 g/mol. The molecule has 0 bridgehead atoms. The SMILES string of the molecule is COc1ccccc1N1CC(C(=O)NC(CN)CC(C)C)CC1=O. The lowest BCUT2D eigenvalue weighted by Crippen LogP contribution is -2.44. The van der Waals surface area contributed by atoms with Crippen molar-refractivity contribution in [3.8, 4) is 5.75 Å². The van der Waals surface area contributed by atoms with Crippen molar-refractivity contribution in [3.05, 3.63) is 24.3 Å². The van der Waals surface area contributed by atoms with Gasteiger partial charge in [-0.15, -0.1) is 0 Å². The molecule has 1 aromatic rings. The van der Waals surface area contributed by atoms with Gasteiger partial charge in [0.2, 0.25) is 11.8 Å². The largest absolute Gasteiger partial charge is 0.495 e. The summed E-state index contributed by atoms with van der Waals surface area (Å²) in [6, 6.07) is 7.30. The van der Waals surface area contributed by atoms with E-state index in [0.717, 1.165) is 6.42 Å². The van der Waals surface area contributed by atoms with Crippen LogP contribution in [0.5, 0.6) is 5.75 Å². The van der Waals surface area contributed by atoms with Crippen molar-refractivity contribution in [1.82, 2.24) is 5.32 Å². The molecular formula is C18H27N3O3. The maximum atomic E-state index is 12.5. The lowest BCUT2D eigenvalue weighted by Gasteiger charge is -2.22. The van der Waals surface area contributed by atoms with Gasteiger partial charge in [0, 0.05) is 25.6 Å². The molecule has 1 heterocycles. The number of hydrogen-bond donors (Lipinski definition) is 2. The molecule has 2 amide bonds. The first-order chi connectivity index (χ1) is 11.5. The van der Waals surface area contributed by atoms with Crippen LogP contribution in [0, 0.1) is 11.8 Å². The molecule has 24 heavy (non-hydrogen) atoms. The zero-order chi connectivity index (χ0) is 17.7. The summed E-state index contributed by atoms with van der Waals surface area (Å²) in [6.45, 7) is 4.96. The lowest BCUT2D eigenvalue weighted by molar-refractivity contribution is -0.127. The molecule has 2 atom stereocenters. The van der Waals surface area contributed by atoms with E-state index in [0.29, 0.717) is 30.4 Å². The van der Waals surface area contributed by atoms with Crippen LogP contribution in [0.3, 0.4) is 0 Å². The third-order valence-electron chi connectivity index (χ3n) is 4.26. The van der Waals surface area contributed by atoms with Crippen LogP contribution in [0.4, 0.5) is 5.69 Å². The number of carbonyl (C=O) groups excluding carboxylic acids is 2. The fourth-order valence-electron chi connectivity index (χ4n) is 3.07. The van der Waals surface area contributed by atoms with Gasteiger partial charge in [0.1, 0.15) is 5.75 Å². The first-order valence-electron chi connectivity index (χ1n) is 8.40. The predicted octanol–water partition coefficient (Wildman–Crippen LogP) is 1.54. The van der Waals surface area contributed by atoms with E-state index in [4.69, 9.17) is 10.5 Å². The third-order valence-corrected chi connectivity index (χ3v) is 4.26. The number of anilines is 1. The molecule has 132 valence electrons. The molecule has 1 fully saturated rings. The fourth-order valence-corrected chi connectivity index (χ4v) is 3.07. The summed E-state index contributed by atoms with van der Waals surface area (Å²) in [4.78, 5) is 26.5. The first kappa shape index (κ1) is 18.3. The minimum atomic E-state index is -0.358. The maximum absolute atomic E-state index is 12.5. The quantitative estimate of drug-likeness (QED) is 0.793. The van der Waals surface area contributed by atoms with Crippen LogP contribution in [-0.4, -0.2) is 38.1 Å². The summed E-state index contributed by atoms with van der Waals surface area (Å²) in [5, 5.41) is 2.99. The van der Waals surface area contributed by atoms with Crippen LogP contribution in [-0.2, 0) is 9.59 Å². The minimum absolute atomic E-state index is 0.0482. The Hall–Kier alpha value is -2.08. The Kier molecular flexibility index (Phi) is 6.20. The molecule has 6 heteroatoms. The highest BCUT2D eigenvalue weighted by Gasteiger charge is 2.36. The summed E-state index contributed by atoms with van der Waals surface area (Å²) >= 11 is 0. The predicted molar refractivity (Wildman–Crippen MR) is 93.9 cm³/mol.